The van der Waals surface area contributed by atoms with E-state index in [9.17, 15) is 4.79 Å². The van der Waals surface area contributed by atoms with E-state index in [4.69, 9.17) is 0 Å². The van der Waals surface area contributed by atoms with Crippen LogP contribution in [-0.4, -0.2) is 34.2 Å². The van der Waals surface area contributed by atoms with Gasteiger partial charge in [-0.3, -0.25) is 4.79 Å². The highest BCUT2D eigenvalue weighted by Crippen LogP contribution is 2.17. The second-order valence-electron chi connectivity index (χ2n) is 4.73. The average Bonchev–Trinajstić information content (AvgIpc) is 2.58. The van der Waals surface area contributed by atoms with E-state index in [2.05, 4.69) is 32.7 Å². The third kappa shape index (κ3) is 5.73. The van der Waals surface area contributed by atoms with Crippen LogP contribution in [0.25, 0.3) is 0 Å². The summed E-state index contributed by atoms with van der Waals surface area (Å²) < 4.78 is 0. The van der Waals surface area contributed by atoms with Gasteiger partial charge in [0.15, 0.2) is 0 Å². The van der Waals surface area contributed by atoms with Crippen LogP contribution in [0, 0.1) is 0 Å². The summed E-state index contributed by atoms with van der Waals surface area (Å²) in [6.45, 7) is 3.08. The molecule has 5 nitrogen and oxygen atoms in total. The number of benzene rings is 1. The third-order valence-corrected chi connectivity index (χ3v) is 4.20. The van der Waals surface area contributed by atoms with Crippen LogP contribution in [-0.2, 0) is 10.5 Å². The molecule has 0 aliphatic heterocycles. The number of amides is 1. The van der Waals surface area contributed by atoms with Crippen LogP contribution in [0.2, 0.25) is 0 Å². The highest BCUT2D eigenvalue weighted by molar-refractivity contribution is 7.99. The summed E-state index contributed by atoms with van der Waals surface area (Å²) in [5, 5.41) is 5.89. The molecule has 0 aliphatic carbocycles. The minimum absolute atomic E-state index is 0.0525. The monoisotopic (exact) mass is 316 g/mol. The number of anilines is 1. The van der Waals surface area contributed by atoms with Gasteiger partial charge in [-0.05, 0) is 18.6 Å². The van der Waals surface area contributed by atoms with Gasteiger partial charge in [-0.15, -0.1) is 11.8 Å². The van der Waals surface area contributed by atoms with Crippen molar-refractivity contribution in [2.75, 3.05) is 18.4 Å². The zero-order valence-corrected chi connectivity index (χ0v) is 13.3. The van der Waals surface area contributed by atoms with Crippen LogP contribution in [0.15, 0.2) is 48.8 Å². The summed E-state index contributed by atoms with van der Waals surface area (Å²) in [4.78, 5) is 20.1. The van der Waals surface area contributed by atoms with E-state index in [0.29, 0.717) is 19.0 Å². The van der Waals surface area contributed by atoms with Crippen molar-refractivity contribution in [1.82, 2.24) is 15.3 Å². The second kappa shape index (κ2) is 9.04. The molecule has 0 radical (unpaired) electrons. The third-order valence-electron chi connectivity index (χ3n) is 2.99. The lowest BCUT2D eigenvalue weighted by Crippen LogP contribution is -2.34. The van der Waals surface area contributed by atoms with Gasteiger partial charge in [0.2, 0.25) is 11.9 Å². The maximum absolute atomic E-state index is 12.0. The van der Waals surface area contributed by atoms with Gasteiger partial charge in [-0.2, -0.15) is 0 Å². The van der Waals surface area contributed by atoms with Crippen LogP contribution in [0.5, 0.6) is 0 Å². The predicted octanol–water partition coefficient (Wildman–Crippen LogP) is 2.33. The first-order chi connectivity index (χ1) is 10.8. The number of rotatable bonds is 8. The fourth-order valence-corrected chi connectivity index (χ4v) is 2.63. The first kappa shape index (κ1) is 16.3. The number of nitrogens with zero attached hydrogens (tertiary/aromatic N) is 2. The van der Waals surface area contributed by atoms with Crippen LogP contribution in [0.1, 0.15) is 12.5 Å². The maximum Gasteiger partial charge on any atom is 0.232 e. The molecule has 0 spiro atoms. The molecule has 2 N–H and O–H groups in total. The normalized spacial score (nSPS) is 11.7. The van der Waals surface area contributed by atoms with E-state index in [0.717, 1.165) is 5.75 Å². The van der Waals surface area contributed by atoms with Gasteiger partial charge >= 0.3 is 0 Å². The summed E-state index contributed by atoms with van der Waals surface area (Å²) in [7, 11) is 0. The number of carbonyl (C=O) groups excluding carboxylic acids is 1. The molecule has 0 saturated heterocycles. The molecule has 1 heterocycles. The number of hydrogen-bond donors (Lipinski definition) is 2. The molecule has 0 fully saturated rings. The zero-order chi connectivity index (χ0) is 15.6. The molecule has 1 amide bonds. The Hall–Kier alpha value is -2.08. The minimum Gasteiger partial charge on any atom is -0.353 e. The van der Waals surface area contributed by atoms with Crippen LogP contribution in [0.3, 0.4) is 0 Å². The van der Waals surface area contributed by atoms with Gasteiger partial charge in [0.25, 0.3) is 0 Å². The highest BCUT2D eigenvalue weighted by Gasteiger charge is 2.12. The largest absolute Gasteiger partial charge is 0.353 e. The van der Waals surface area contributed by atoms with Crippen LogP contribution < -0.4 is 10.6 Å². The van der Waals surface area contributed by atoms with Crippen molar-refractivity contribution in [2.24, 2.45) is 0 Å². The zero-order valence-electron chi connectivity index (χ0n) is 12.5. The number of thioether (sulfide) groups is 1. The number of carbonyl (C=O) groups is 1. The van der Waals surface area contributed by atoms with E-state index < -0.39 is 0 Å². The number of nitrogens with one attached hydrogen (secondary N) is 2. The topological polar surface area (TPSA) is 66.9 Å². The fourth-order valence-electron chi connectivity index (χ4n) is 1.77. The number of hydrogen-bond acceptors (Lipinski definition) is 5. The van der Waals surface area contributed by atoms with Crippen molar-refractivity contribution in [2.45, 2.75) is 17.9 Å². The Kier molecular flexibility index (Phi) is 6.70. The molecular formula is C16H20N4OS. The predicted molar refractivity (Wildman–Crippen MR) is 90.7 cm³/mol. The summed E-state index contributed by atoms with van der Waals surface area (Å²) in [5.74, 6) is 1.46. The molecule has 6 heteroatoms. The average molecular weight is 316 g/mol. The SMILES string of the molecule is C[C@H](SCc1ccccc1)C(=O)NCCNc1ncccn1. The van der Waals surface area contributed by atoms with Gasteiger partial charge in [-0.25, -0.2) is 9.97 Å². The lowest BCUT2D eigenvalue weighted by atomic mass is 10.2. The van der Waals surface area contributed by atoms with Crippen LogP contribution >= 0.6 is 11.8 Å². The smallest absolute Gasteiger partial charge is 0.232 e. The van der Waals surface area contributed by atoms with Crippen molar-refractivity contribution in [3.8, 4) is 0 Å². The molecule has 0 unspecified atom stereocenters. The molecular weight excluding hydrogens is 296 g/mol. The van der Waals surface area contributed by atoms with Crippen molar-refractivity contribution in [3.63, 3.8) is 0 Å². The Bertz CT molecular complexity index is 565. The molecule has 0 aliphatic rings. The van der Waals surface area contributed by atoms with Crippen molar-refractivity contribution < 1.29 is 4.79 Å². The van der Waals surface area contributed by atoms with E-state index >= 15 is 0 Å². The summed E-state index contributed by atoms with van der Waals surface area (Å²) in [5.41, 5.74) is 1.23. The van der Waals surface area contributed by atoms with Gasteiger partial charge in [0.05, 0.1) is 5.25 Å². The molecule has 1 aromatic carbocycles. The maximum atomic E-state index is 12.0. The van der Waals surface area contributed by atoms with Gasteiger partial charge in [0, 0.05) is 31.2 Å². The van der Waals surface area contributed by atoms with Gasteiger partial charge in [-0.1, -0.05) is 30.3 Å². The minimum atomic E-state index is -0.0758. The van der Waals surface area contributed by atoms with E-state index in [-0.39, 0.29) is 11.2 Å². The lowest BCUT2D eigenvalue weighted by Gasteiger charge is -2.12. The van der Waals surface area contributed by atoms with Gasteiger partial charge < -0.3 is 10.6 Å². The quantitative estimate of drug-likeness (QED) is 0.732. The van der Waals surface area contributed by atoms with Gasteiger partial charge in [0.1, 0.15) is 0 Å². The standard InChI is InChI=1S/C16H20N4OS/c1-13(22-12-14-6-3-2-4-7-14)15(21)17-10-11-20-16-18-8-5-9-19-16/h2-9,13H,10-12H2,1H3,(H,17,21)(H,18,19,20)/t13-/m0/s1. The Morgan fingerprint density at radius 1 is 1.14 bits per heavy atom. The molecule has 0 bridgehead atoms. The van der Waals surface area contributed by atoms with E-state index in [1.807, 2.05) is 25.1 Å². The summed E-state index contributed by atoms with van der Waals surface area (Å²) >= 11 is 1.63. The Balaban J connectivity index is 1.62. The Morgan fingerprint density at radius 3 is 2.59 bits per heavy atom. The number of aromatic nitrogens is 2. The lowest BCUT2D eigenvalue weighted by molar-refractivity contribution is -0.120. The summed E-state index contributed by atoms with van der Waals surface area (Å²) in [6, 6.07) is 11.9. The Morgan fingerprint density at radius 2 is 1.86 bits per heavy atom. The van der Waals surface area contributed by atoms with E-state index in [1.54, 1.807) is 30.2 Å². The van der Waals surface area contributed by atoms with E-state index in [1.165, 1.54) is 5.56 Å². The molecule has 1 atom stereocenters. The van der Waals surface area contributed by atoms with Crippen molar-refractivity contribution in [3.05, 3.63) is 54.4 Å². The molecule has 2 rings (SSSR count). The molecule has 0 saturated carbocycles. The molecule has 1 aromatic heterocycles. The highest BCUT2D eigenvalue weighted by atomic mass is 32.2. The fraction of sp³-hybridized carbons (Fsp3) is 0.312. The summed E-state index contributed by atoms with van der Waals surface area (Å²) in [6.07, 6.45) is 3.35. The first-order valence-corrected chi connectivity index (χ1v) is 8.24. The molecule has 2 aromatic rings. The Labute approximate surface area is 135 Å². The molecule has 22 heavy (non-hydrogen) atoms. The van der Waals surface area contributed by atoms with Crippen LogP contribution in [0.4, 0.5) is 5.95 Å². The van der Waals surface area contributed by atoms with Crippen molar-refractivity contribution in [1.29, 1.82) is 0 Å². The molecule has 116 valence electrons. The first-order valence-electron chi connectivity index (χ1n) is 7.20. The second-order valence-corrected chi connectivity index (χ2v) is 6.06. The van der Waals surface area contributed by atoms with Crippen molar-refractivity contribution >= 4 is 23.6 Å².